The van der Waals surface area contributed by atoms with Crippen LogP contribution in [0.25, 0.3) is 71.8 Å². The van der Waals surface area contributed by atoms with Crippen molar-refractivity contribution in [2.24, 2.45) is 0 Å². The molecule has 0 radical (unpaired) electrons. The van der Waals surface area contributed by atoms with Crippen LogP contribution >= 0.6 is 0 Å². The lowest BCUT2D eigenvalue weighted by Gasteiger charge is -2.31. The second kappa shape index (κ2) is 12.9. The van der Waals surface area contributed by atoms with Crippen LogP contribution in [0.1, 0.15) is 25.0 Å². The smallest absolute Gasteiger partial charge is 0.148 e. The number of hydrogen-bond acceptors (Lipinski definition) is 2. The number of rotatable bonds is 6. The third-order valence-corrected chi connectivity index (χ3v) is 12.0. The topological polar surface area (TPSA) is 21.1 Å². The molecule has 0 atom stereocenters. The summed E-state index contributed by atoms with van der Waals surface area (Å²) < 4.78 is 2.35. The van der Waals surface area contributed by atoms with E-state index in [0.717, 1.165) is 55.9 Å². The maximum atomic E-state index is 5.82. The lowest BCUT2D eigenvalue weighted by atomic mass is 9.82. The maximum absolute atomic E-state index is 5.82. The highest BCUT2D eigenvalue weighted by atomic mass is 15.2. The molecular formula is C54H39N3. The Kier molecular flexibility index (Phi) is 7.52. The minimum atomic E-state index is -0.161. The van der Waals surface area contributed by atoms with Crippen molar-refractivity contribution in [3.63, 3.8) is 0 Å². The van der Waals surface area contributed by atoms with Gasteiger partial charge in [-0.15, -0.1) is 0 Å². The van der Waals surface area contributed by atoms with E-state index in [1.54, 1.807) is 0 Å². The summed E-state index contributed by atoms with van der Waals surface area (Å²) >= 11 is 0. The third-order valence-electron chi connectivity index (χ3n) is 12.0. The summed E-state index contributed by atoms with van der Waals surface area (Å²) in [5.74, 6) is 1.76. The normalized spacial score (nSPS) is 12.9. The molecule has 8 aromatic carbocycles. The number of anilines is 3. The van der Waals surface area contributed by atoms with Crippen molar-refractivity contribution >= 4 is 49.8 Å². The van der Waals surface area contributed by atoms with E-state index in [4.69, 9.17) is 4.98 Å². The molecule has 3 nitrogen and oxygen atoms in total. The van der Waals surface area contributed by atoms with Crippen molar-refractivity contribution in [3.8, 4) is 39.2 Å². The molecule has 11 rings (SSSR count). The first-order chi connectivity index (χ1) is 28.1. The van der Waals surface area contributed by atoms with E-state index in [-0.39, 0.29) is 5.41 Å². The highest BCUT2D eigenvalue weighted by Gasteiger charge is 2.38. The fourth-order valence-electron chi connectivity index (χ4n) is 9.29. The van der Waals surface area contributed by atoms with Gasteiger partial charge in [-0.3, -0.25) is 9.47 Å². The lowest BCUT2D eigenvalue weighted by molar-refractivity contribution is 0.660. The average Bonchev–Trinajstić information content (AvgIpc) is 3.73. The highest BCUT2D eigenvalue weighted by molar-refractivity contribution is 6.11. The molecule has 0 fully saturated rings. The summed E-state index contributed by atoms with van der Waals surface area (Å²) in [6.07, 6.45) is 0. The number of aromatic nitrogens is 2. The molecule has 2 aromatic heterocycles. The molecule has 0 bridgehead atoms. The number of para-hydroxylation sites is 2. The van der Waals surface area contributed by atoms with Gasteiger partial charge in [-0.25, -0.2) is 4.98 Å². The summed E-state index contributed by atoms with van der Waals surface area (Å²) in [6, 6.07) is 72.4. The Labute approximate surface area is 332 Å². The molecule has 0 N–H and O–H groups in total. The van der Waals surface area contributed by atoms with Gasteiger partial charge in [-0.2, -0.15) is 0 Å². The van der Waals surface area contributed by atoms with Crippen LogP contribution in [0.2, 0.25) is 0 Å². The number of nitrogens with zero attached hydrogens (tertiary/aromatic N) is 3. The molecule has 1 aliphatic carbocycles. The molecule has 270 valence electrons. The second-order valence-electron chi connectivity index (χ2n) is 15.6. The van der Waals surface area contributed by atoms with Crippen LogP contribution in [0.4, 0.5) is 17.2 Å². The molecular weight excluding hydrogens is 691 g/mol. The van der Waals surface area contributed by atoms with E-state index in [1.165, 1.54) is 44.2 Å². The van der Waals surface area contributed by atoms with E-state index in [1.807, 2.05) is 0 Å². The maximum Gasteiger partial charge on any atom is 0.148 e. The lowest BCUT2D eigenvalue weighted by Crippen LogP contribution is -2.17. The zero-order valence-corrected chi connectivity index (χ0v) is 31.9. The standard InChI is InChI=1S/C54H39N3/c1-54(2)45-27-14-11-26-43(45)52-46(54)28-17-31-50(52)57(47-29-15-12-23-40(47)37-20-7-4-8-21-37)53-41-24-10-9-22-39(41)35-51(55-53)56-48-30-16-13-25-42(48)44-34-38(32-33-49(44)56)36-18-5-3-6-19-36/h3-35H,1-2H3. The van der Waals surface area contributed by atoms with Gasteiger partial charge in [-0.05, 0) is 75.2 Å². The Morgan fingerprint density at radius 2 is 1.05 bits per heavy atom. The van der Waals surface area contributed by atoms with Crippen LogP contribution in [0, 0.1) is 0 Å². The molecule has 0 amide bonds. The number of hydrogen-bond donors (Lipinski definition) is 0. The van der Waals surface area contributed by atoms with Crippen molar-refractivity contribution in [1.82, 2.24) is 9.55 Å². The van der Waals surface area contributed by atoms with Crippen LogP contribution in [-0.2, 0) is 5.41 Å². The van der Waals surface area contributed by atoms with Gasteiger partial charge in [0, 0.05) is 32.7 Å². The predicted octanol–water partition coefficient (Wildman–Crippen LogP) is 14.4. The zero-order chi connectivity index (χ0) is 38.1. The molecule has 57 heavy (non-hydrogen) atoms. The highest BCUT2D eigenvalue weighted by Crippen LogP contribution is 2.55. The monoisotopic (exact) mass is 729 g/mol. The van der Waals surface area contributed by atoms with E-state index in [0.29, 0.717) is 0 Å². The van der Waals surface area contributed by atoms with Gasteiger partial charge >= 0.3 is 0 Å². The minimum Gasteiger partial charge on any atom is -0.294 e. The van der Waals surface area contributed by atoms with E-state index < -0.39 is 0 Å². The van der Waals surface area contributed by atoms with E-state index >= 15 is 0 Å². The van der Waals surface area contributed by atoms with Gasteiger partial charge in [0.05, 0.1) is 22.4 Å². The molecule has 1 aliphatic rings. The van der Waals surface area contributed by atoms with Gasteiger partial charge < -0.3 is 0 Å². The van der Waals surface area contributed by atoms with Gasteiger partial charge in [0.15, 0.2) is 0 Å². The van der Waals surface area contributed by atoms with Crippen LogP contribution in [0.15, 0.2) is 200 Å². The van der Waals surface area contributed by atoms with Crippen LogP contribution < -0.4 is 4.90 Å². The van der Waals surface area contributed by atoms with Crippen molar-refractivity contribution in [2.75, 3.05) is 4.90 Å². The number of benzene rings is 8. The molecule has 0 spiro atoms. The van der Waals surface area contributed by atoms with Gasteiger partial charge in [-0.1, -0.05) is 178 Å². The first-order valence-electron chi connectivity index (χ1n) is 19.7. The Morgan fingerprint density at radius 1 is 0.439 bits per heavy atom. The van der Waals surface area contributed by atoms with Crippen molar-refractivity contribution < 1.29 is 0 Å². The van der Waals surface area contributed by atoms with Crippen LogP contribution in [-0.4, -0.2) is 9.55 Å². The van der Waals surface area contributed by atoms with Crippen LogP contribution in [0.3, 0.4) is 0 Å². The fourth-order valence-corrected chi connectivity index (χ4v) is 9.29. The van der Waals surface area contributed by atoms with E-state index in [9.17, 15) is 0 Å². The first-order valence-corrected chi connectivity index (χ1v) is 19.7. The molecule has 3 heteroatoms. The van der Waals surface area contributed by atoms with Gasteiger partial charge in [0.25, 0.3) is 0 Å². The zero-order valence-electron chi connectivity index (χ0n) is 31.9. The summed E-state index contributed by atoms with van der Waals surface area (Å²) in [7, 11) is 0. The Morgan fingerprint density at radius 3 is 1.88 bits per heavy atom. The number of pyridine rings is 1. The molecule has 10 aromatic rings. The Bertz CT molecular complexity index is 3160. The second-order valence-corrected chi connectivity index (χ2v) is 15.6. The largest absolute Gasteiger partial charge is 0.294 e. The van der Waals surface area contributed by atoms with Crippen LogP contribution in [0.5, 0.6) is 0 Å². The SMILES string of the molecule is CC1(C)c2ccccc2-c2c(N(c3ccccc3-c3ccccc3)c3nc(-n4c5ccccc5c5cc(-c6ccccc6)ccc54)cc4ccccc34)cccc21. The quantitative estimate of drug-likeness (QED) is 0.170. The fraction of sp³-hybridized carbons (Fsp3) is 0.0556. The van der Waals surface area contributed by atoms with Crippen molar-refractivity contribution in [2.45, 2.75) is 19.3 Å². The average molecular weight is 730 g/mol. The summed E-state index contributed by atoms with van der Waals surface area (Å²) in [6.45, 7) is 4.70. The van der Waals surface area contributed by atoms with Gasteiger partial charge in [0.2, 0.25) is 0 Å². The van der Waals surface area contributed by atoms with Gasteiger partial charge in [0.1, 0.15) is 11.6 Å². The molecule has 0 saturated heterocycles. The van der Waals surface area contributed by atoms with Crippen molar-refractivity contribution in [1.29, 1.82) is 0 Å². The summed E-state index contributed by atoms with van der Waals surface area (Å²) in [5.41, 5.74) is 14.2. The molecule has 0 aliphatic heterocycles. The van der Waals surface area contributed by atoms with Crippen molar-refractivity contribution in [3.05, 3.63) is 211 Å². The third kappa shape index (κ3) is 5.16. The number of fused-ring (bicyclic) bond motifs is 7. The molecule has 0 unspecified atom stereocenters. The predicted molar refractivity (Wildman–Crippen MR) is 239 cm³/mol. The summed E-state index contributed by atoms with van der Waals surface area (Å²) in [5, 5.41) is 4.61. The first kappa shape index (κ1) is 33.1. The molecule has 0 saturated carbocycles. The Balaban J connectivity index is 1.23. The summed E-state index contributed by atoms with van der Waals surface area (Å²) in [4.78, 5) is 8.26. The van der Waals surface area contributed by atoms with E-state index in [2.05, 4.69) is 224 Å². The Hall–Kier alpha value is -7.23. The minimum absolute atomic E-state index is 0.161. The molecule has 2 heterocycles.